The zero-order valence-corrected chi connectivity index (χ0v) is 12.5. The fourth-order valence-corrected chi connectivity index (χ4v) is 2.22. The van der Waals surface area contributed by atoms with Gasteiger partial charge in [-0.2, -0.15) is 0 Å². The Labute approximate surface area is 127 Å². The average molecular weight is 303 g/mol. The molecule has 0 radical (unpaired) electrons. The second-order valence-corrected chi connectivity index (χ2v) is 4.98. The van der Waals surface area contributed by atoms with Crippen LogP contribution in [-0.2, 0) is 9.59 Å². The smallest absolute Gasteiger partial charge is 0.261 e. The topological polar surface area (TPSA) is 86.8 Å². The molecule has 0 fully saturated rings. The van der Waals surface area contributed by atoms with Gasteiger partial charge in [0.1, 0.15) is 0 Å². The summed E-state index contributed by atoms with van der Waals surface area (Å²) in [5.74, 6) is -1.36. The first kappa shape index (κ1) is 15.7. The second kappa shape index (κ2) is 6.38. The molecular formula is C15H17N3O4. The van der Waals surface area contributed by atoms with Crippen LogP contribution in [0.25, 0.3) is 0 Å². The Kier molecular flexibility index (Phi) is 4.55. The summed E-state index contributed by atoms with van der Waals surface area (Å²) in [6, 6.07) is 6.57. The van der Waals surface area contributed by atoms with Crippen molar-refractivity contribution in [2.75, 3.05) is 27.2 Å². The Morgan fingerprint density at radius 3 is 2.18 bits per heavy atom. The van der Waals surface area contributed by atoms with E-state index in [1.165, 1.54) is 19.0 Å². The summed E-state index contributed by atoms with van der Waals surface area (Å²) in [6.45, 7) is -0.0548. The first-order chi connectivity index (χ1) is 10.5. The Morgan fingerprint density at radius 1 is 1.14 bits per heavy atom. The zero-order valence-electron chi connectivity index (χ0n) is 12.5. The molecule has 1 heterocycles. The number of rotatable bonds is 5. The van der Waals surface area contributed by atoms with Crippen molar-refractivity contribution in [3.05, 3.63) is 35.4 Å². The van der Waals surface area contributed by atoms with Crippen molar-refractivity contribution in [2.45, 2.75) is 6.42 Å². The molecule has 1 N–H and O–H groups in total. The van der Waals surface area contributed by atoms with E-state index in [9.17, 15) is 19.2 Å². The molecule has 1 aliphatic rings. The van der Waals surface area contributed by atoms with Crippen LogP contribution < -0.4 is 5.32 Å². The van der Waals surface area contributed by atoms with Gasteiger partial charge < -0.3 is 10.2 Å². The van der Waals surface area contributed by atoms with Crippen molar-refractivity contribution in [1.82, 2.24) is 15.1 Å². The van der Waals surface area contributed by atoms with Gasteiger partial charge in [-0.1, -0.05) is 12.1 Å². The SMILES string of the molecule is CNC(=O)CN(C)C(=O)CCN1C(=O)c2ccccc2C1=O. The average Bonchev–Trinajstić information content (AvgIpc) is 2.76. The van der Waals surface area contributed by atoms with Gasteiger partial charge in [-0.15, -0.1) is 0 Å². The number of carbonyl (C=O) groups is 4. The molecule has 1 aromatic rings. The number of hydrogen-bond donors (Lipinski definition) is 1. The van der Waals surface area contributed by atoms with Crippen LogP contribution in [-0.4, -0.2) is 60.6 Å². The zero-order chi connectivity index (χ0) is 16.3. The molecule has 1 aromatic carbocycles. The first-order valence-electron chi connectivity index (χ1n) is 6.85. The normalized spacial score (nSPS) is 13.1. The molecule has 0 aliphatic carbocycles. The molecule has 1 aliphatic heterocycles. The summed E-state index contributed by atoms with van der Waals surface area (Å²) < 4.78 is 0. The molecule has 0 aromatic heterocycles. The van der Waals surface area contributed by atoms with Gasteiger partial charge in [0, 0.05) is 27.1 Å². The monoisotopic (exact) mass is 303 g/mol. The summed E-state index contributed by atoms with van der Waals surface area (Å²) in [5.41, 5.74) is 0.720. The largest absolute Gasteiger partial charge is 0.358 e. The van der Waals surface area contributed by atoms with Crippen molar-refractivity contribution in [1.29, 1.82) is 0 Å². The standard InChI is InChI=1S/C15H17N3O4/c1-16-12(19)9-17(2)13(20)7-8-18-14(21)10-5-3-4-6-11(10)15(18)22/h3-6H,7-9H2,1-2H3,(H,16,19). The number of hydrogen-bond acceptors (Lipinski definition) is 4. The van der Waals surface area contributed by atoms with Crippen molar-refractivity contribution in [3.8, 4) is 0 Å². The van der Waals surface area contributed by atoms with Crippen molar-refractivity contribution >= 4 is 23.6 Å². The van der Waals surface area contributed by atoms with Crippen LogP contribution in [0.1, 0.15) is 27.1 Å². The molecule has 7 nitrogen and oxygen atoms in total. The Hall–Kier alpha value is -2.70. The van der Waals surface area contributed by atoms with E-state index in [0.29, 0.717) is 11.1 Å². The molecule has 2 rings (SSSR count). The first-order valence-corrected chi connectivity index (χ1v) is 6.85. The van der Waals surface area contributed by atoms with Crippen molar-refractivity contribution in [3.63, 3.8) is 0 Å². The highest BCUT2D eigenvalue weighted by molar-refractivity contribution is 6.21. The molecule has 0 saturated carbocycles. The number of fused-ring (bicyclic) bond motifs is 1. The summed E-state index contributed by atoms with van der Waals surface area (Å²) in [6.07, 6.45) is -0.0149. The summed E-state index contributed by atoms with van der Waals surface area (Å²) in [5, 5.41) is 2.42. The van der Waals surface area contributed by atoms with Crippen LogP contribution in [0.3, 0.4) is 0 Å². The van der Waals surface area contributed by atoms with Gasteiger partial charge in [-0.3, -0.25) is 24.1 Å². The van der Waals surface area contributed by atoms with Crippen LogP contribution in [0.5, 0.6) is 0 Å². The number of nitrogens with zero attached hydrogens (tertiary/aromatic N) is 2. The lowest BCUT2D eigenvalue weighted by atomic mass is 10.1. The van der Waals surface area contributed by atoms with Gasteiger partial charge >= 0.3 is 0 Å². The van der Waals surface area contributed by atoms with Gasteiger partial charge in [0.15, 0.2) is 0 Å². The third kappa shape index (κ3) is 2.98. The minimum atomic E-state index is -0.387. The van der Waals surface area contributed by atoms with E-state index in [0.717, 1.165) is 4.90 Å². The van der Waals surface area contributed by atoms with Gasteiger partial charge in [-0.05, 0) is 12.1 Å². The predicted molar refractivity (Wildman–Crippen MR) is 78.1 cm³/mol. The maximum absolute atomic E-state index is 12.1. The van der Waals surface area contributed by atoms with E-state index in [4.69, 9.17) is 0 Å². The fraction of sp³-hybridized carbons (Fsp3) is 0.333. The molecule has 0 atom stereocenters. The molecule has 0 spiro atoms. The Bertz CT molecular complexity index is 606. The van der Waals surface area contributed by atoms with Gasteiger partial charge in [0.25, 0.3) is 11.8 Å². The maximum atomic E-state index is 12.1. The molecule has 4 amide bonds. The maximum Gasteiger partial charge on any atom is 0.261 e. The minimum absolute atomic E-state index is 0.00324. The highest BCUT2D eigenvalue weighted by atomic mass is 16.2. The predicted octanol–water partition coefficient (Wildman–Crippen LogP) is -0.123. The van der Waals surface area contributed by atoms with E-state index in [1.807, 2.05) is 0 Å². The van der Waals surface area contributed by atoms with E-state index >= 15 is 0 Å². The van der Waals surface area contributed by atoms with Crippen molar-refractivity contribution in [2.24, 2.45) is 0 Å². The summed E-state index contributed by atoms with van der Waals surface area (Å²) in [4.78, 5) is 49.7. The van der Waals surface area contributed by atoms with E-state index in [2.05, 4.69) is 5.32 Å². The third-order valence-electron chi connectivity index (χ3n) is 3.51. The molecule has 22 heavy (non-hydrogen) atoms. The minimum Gasteiger partial charge on any atom is -0.358 e. The number of imide groups is 1. The molecule has 0 saturated heterocycles. The quantitative estimate of drug-likeness (QED) is 0.768. The lowest BCUT2D eigenvalue weighted by molar-refractivity contribution is -0.134. The van der Waals surface area contributed by atoms with Crippen LogP contribution in [0.15, 0.2) is 24.3 Å². The molecule has 0 unspecified atom stereocenters. The van der Waals surface area contributed by atoms with Gasteiger partial charge in [-0.25, -0.2) is 0 Å². The summed E-state index contributed by atoms with van der Waals surface area (Å²) >= 11 is 0. The fourth-order valence-electron chi connectivity index (χ4n) is 2.22. The lowest BCUT2D eigenvalue weighted by Crippen LogP contribution is -2.39. The number of carbonyl (C=O) groups excluding carboxylic acids is 4. The number of benzene rings is 1. The Balaban J connectivity index is 1.96. The molecule has 0 bridgehead atoms. The van der Waals surface area contributed by atoms with E-state index in [1.54, 1.807) is 24.3 Å². The Morgan fingerprint density at radius 2 is 1.68 bits per heavy atom. The molecule has 7 heteroatoms. The van der Waals surface area contributed by atoms with E-state index in [-0.39, 0.29) is 43.1 Å². The van der Waals surface area contributed by atoms with Gasteiger partial charge in [0.05, 0.1) is 17.7 Å². The molecule has 116 valence electrons. The number of nitrogens with one attached hydrogen (secondary N) is 1. The van der Waals surface area contributed by atoms with Crippen LogP contribution in [0.4, 0.5) is 0 Å². The summed E-state index contributed by atoms with van der Waals surface area (Å²) in [7, 11) is 2.99. The highest BCUT2D eigenvalue weighted by Crippen LogP contribution is 2.22. The molecular weight excluding hydrogens is 286 g/mol. The van der Waals surface area contributed by atoms with Crippen LogP contribution in [0.2, 0.25) is 0 Å². The lowest BCUT2D eigenvalue weighted by Gasteiger charge is -2.18. The third-order valence-corrected chi connectivity index (χ3v) is 3.51. The highest BCUT2D eigenvalue weighted by Gasteiger charge is 2.35. The van der Waals surface area contributed by atoms with E-state index < -0.39 is 0 Å². The number of likely N-dealkylation sites (N-methyl/N-ethyl adjacent to an activating group) is 2. The second-order valence-electron chi connectivity index (χ2n) is 4.98. The van der Waals surface area contributed by atoms with Crippen LogP contribution in [0, 0.1) is 0 Å². The van der Waals surface area contributed by atoms with Crippen LogP contribution >= 0.6 is 0 Å². The van der Waals surface area contributed by atoms with Crippen molar-refractivity contribution < 1.29 is 19.2 Å². The number of amides is 4. The van der Waals surface area contributed by atoms with Gasteiger partial charge in [0.2, 0.25) is 11.8 Å².